The van der Waals surface area contributed by atoms with Crippen molar-refractivity contribution in [3.63, 3.8) is 0 Å². The Hall–Kier alpha value is -2.76. The standard InChI is InChI=1S/C21H26FNO4/c1-4-26-19-9-6-15(13-20(19)27-5-2)10-11-23-21(24)14-16-7-8-18(25-3)17(22)12-16/h6-9,12-13H,4-5,10-11,14H2,1-3H3,(H,23,24). The van der Waals surface area contributed by atoms with Crippen LogP contribution in [0.2, 0.25) is 0 Å². The van der Waals surface area contributed by atoms with Crippen molar-refractivity contribution in [2.24, 2.45) is 0 Å². The van der Waals surface area contributed by atoms with Gasteiger partial charge in [0.15, 0.2) is 23.1 Å². The number of hydrogen-bond donors (Lipinski definition) is 1. The Labute approximate surface area is 159 Å². The van der Waals surface area contributed by atoms with E-state index in [2.05, 4.69) is 5.32 Å². The molecule has 146 valence electrons. The Morgan fingerprint density at radius 2 is 1.63 bits per heavy atom. The molecule has 0 aromatic heterocycles. The van der Waals surface area contributed by atoms with E-state index in [4.69, 9.17) is 14.2 Å². The Morgan fingerprint density at radius 1 is 0.963 bits per heavy atom. The van der Waals surface area contributed by atoms with Gasteiger partial charge < -0.3 is 19.5 Å². The maximum absolute atomic E-state index is 13.7. The van der Waals surface area contributed by atoms with Gasteiger partial charge in [-0.25, -0.2) is 4.39 Å². The first-order valence-corrected chi connectivity index (χ1v) is 9.05. The first-order valence-electron chi connectivity index (χ1n) is 9.05. The van der Waals surface area contributed by atoms with Crippen molar-refractivity contribution in [3.8, 4) is 17.2 Å². The molecule has 6 heteroatoms. The van der Waals surface area contributed by atoms with Crippen molar-refractivity contribution < 1.29 is 23.4 Å². The number of amides is 1. The highest BCUT2D eigenvalue weighted by molar-refractivity contribution is 5.78. The molecular weight excluding hydrogens is 349 g/mol. The molecule has 2 aromatic rings. The van der Waals surface area contributed by atoms with Crippen LogP contribution < -0.4 is 19.5 Å². The molecule has 1 amide bonds. The third-order valence-electron chi connectivity index (χ3n) is 3.92. The Morgan fingerprint density at radius 3 is 2.30 bits per heavy atom. The van der Waals surface area contributed by atoms with Crippen LogP contribution in [0, 0.1) is 5.82 Å². The lowest BCUT2D eigenvalue weighted by atomic mass is 10.1. The fourth-order valence-electron chi connectivity index (χ4n) is 2.67. The molecule has 0 bridgehead atoms. The molecule has 0 saturated carbocycles. The van der Waals surface area contributed by atoms with Crippen molar-refractivity contribution in [3.05, 3.63) is 53.3 Å². The van der Waals surface area contributed by atoms with Gasteiger partial charge in [0.05, 0.1) is 26.7 Å². The van der Waals surface area contributed by atoms with E-state index in [-0.39, 0.29) is 18.1 Å². The van der Waals surface area contributed by atoms with Gasteiger partial charge in [0.2, 0.25) is 5.91 Å². The molecule has 0 heterocycles. The predicted octanol–water partition coefficient (Wildman–Crippen LogP) is 3.53. The zero-order valence-electron chi connectivity index (χ0n) is 16.0. The molecule has 0 saturated heterocycles. The summed E-state index contributed by atoms with van der Waals surface area (Å²) >= 11 is 0. The van der Waals surface area contributed by atoms with Crippen molar-refractivity contribution >= 4 is 5.91 Å². The Balaban J connectivity index is 1.87. The maximum atomic E-state index is 13.7. The van der Waals surface area contributed by atoms with Crippen molar-refractivity contribution in [1.82, 2.24) is 5.32 Å². The second kappa shape index (κ2) is 10.4. The van der Waals surface area contributed by atoms with E-state index in [1.165, 1.54) is 19.2 Å². The predicted molar refractivity (Wildman–Crippen MR) is 102 cm³/mol. The van der Waals surface area contributed by atoms with Gasteiger partial charge in [-0.15, -0.1) is 0 Å². The molecule has 0 unspecified atom stereocenters. The third kappa shape index (κ3) is 6.16. The van der Waals surface area contributed by atoms with E-state index in [0.29, 0.717) is 43.2 Å². The highest BCUT2D eigenvalue weighted by atomic mass is 19.1. The fourth-order valence-corrected chi connectivity index (χ4v) is 2.67. The van der Waals surface area contributed by atoms with Crippen LogP contribution in [-0.2, 0) is 17.6 Å². The van der Waals surface area contributed by atoms with Crippen molar-refractivity contribution in [2.75, 3.05) is 26.9 Å². The van der Waals surface area contributed by atoms with Crippen LogP contribution in [-0.4, -0.2) is 32.8 Å². The zero-order chi connectivity index (χ0) is 19.6. The number of halogens is 1. The monoisotopic (exact) mass is 375 g/mol. The number of rotatable bonds is 10. The van der Waals surface area contributed by atoms with Gasteiger partial charge in [0.25, 0.3) is 0 Å². The van der Waals surface area contributed by atoms with E-state index in [0.717, 1.165) is 5.56 Å². The Bertz CT molecular complexity index is 764. The average molecular weight is 375 g/mol. The minimum atomic E-state index is -0.472. The number of ether oxygens (including phenoxy) is 3. The van der Waals surface area contributed by atoms with Gasteiger partial charge >= 0.3 is 0 Å². The summed E-state index contributed by atoms with van der Waals surface area (Å²) in [5, 5.41) is 2.85. The summed E-state index contributed by atoms with van der Waals surface area (Å²) in [6.07, 6.45) is 0.781. The molecule has 0 aliphatic heterocycles. The molecule has 1 N–H and O–H groups in total. The van der Waals surface area contributed by atoms with Gasteiger partial charge in [-0.05, 0) is 55.7 Å². The first kappa shape index (κ1) is 20.6. The van der Waals surface area contributed by atoms with Gasteiger partial charge in [0, 0.05) is 6.54 Å². The summed E-state index contributed by atoms with van der Waals surface area (Å²) in [6, 6.07) is 10.3. The van der Waals surface area contributed by atoms with Crippen molar-refractivity contribution in [1.29, 1.82) is 0 Å². The summed E-state index contributed by atoms with van der Waals surface area (Å²) in [5.41, 5.74) is 1.64. The number of nitrogens with one attached hydrogen (secondary N) is 1. The van der Waals surface area contributed by atoms with Crippen LogP contribution >= 0.6 is 0 Å². The fraction of sp³-hybridized carbons (Fsp3) is 0.381. The molecule has 0 aliphatic carbocycles. The second-order valence-electron chi connectivity index (χ2n) is 5.89. The van der Waals surface area contributed by atoms with E-state index >= 15 is 0 Å². The van der Waals surface area contributed by atoms with Gasteiger partial charge in [-0.2, -0.15) is 0 Å². The van der Waals surface area contributed by atoms with Crippen LogP contribution in [0.15, 0.2) is 36.4 Å². The topological polar surface area (TPSA) is 56.8 Å². The van der Waals surface area contributed by atoms with E-state index in [1.807, 2.05) is 32.0 Å². The second-order valence-corrected chi connectivity index (χ2v) is 5.89. The van der Waals surface area contributed by atoms with Crippen molar-refractivity contribution in [2.45, 2.75) is 26.7 Å². The van der Waals surface area contributed by atoms with E-state index < -0.39 is 5.82 Å². The summed E-state index contributed by atoms with van der Waals surface area (Å²) in [6.45, 7) is 5.45. The molecule has 2 rings (SSSR count). The number of carbonyl (C=O) groups is 1. The largest absolute Gasteiger partial charge is 0.494 e. The van der Waals surface area contributed by atoms with Crippen LogP contribution in [0.25, 0.3) is 0 Å². The highest BCUT2D eigenvalue weighted by Crippen LogP contribution is 2.28. The van der Waals surface area contributed by atoms with Crippen LogP contribution in [0.3, 0.4) is 0 Å². The van der Waals surface area contributed by atoms with E-state index in [9.17, 15) is 9.18 Å². The average Bonchev–Trinajstić information content (AvgIpc) is 2.64. The third-order valence-corrected chi connectivity index (χ3v) is 3.92. The normalized spacial score (nSPS) is 10.4. The molecule has 5 nitrogen and oxygen atoms in total. The SMILES string of the molecule is CCOc1ccc(CCNC(=O)Cc2ccc(OC)c(F)c2)cc1OCC. The lowest BCUT2D eigenvalue weighted by Crippen LogP contribution is -2.27. The minimum Gasteiger partial charge on any atom is -0.494 e. The molecule has 0 aliphatic rings. The maximum Gasteiger partial charge on any atom is 0.224 e. The highest BCUT2D eigenvalue weighted by Gasteiger charge is 2.09. The summed E-state index contributed by atoms with van der Waals surface area (Å²) in [5.74, 6) is 0.960. The smallest absolute Gasteiger partial charge is 0.224 e. The summed E-state index contributed by atoms with van der Waals surface area (Å²) in [7, 11) is 1.41. The lowest BCUT2D eigenvalue weighted by molar-refractivity contribution is -0.120. The molecule has 0 atom stereocenters. The number of hydrogen-bond acceptors (Lipinski definition) is 4. The molecule has 27 heavy (non-hydrogen) atoms. The zero-order valence-corrected chi connectivity index (χ0v) is 16.0. The van der Waals surface area contributed by atoms with Crippen LogP contribution in [0.4, 0.5) is 4.39 Å². The summed E-state index contributed by atoms with van der Waals surface area (Å²) < 4.78 is 29.7. The summed E-state index contributed by atoms with van der Waals surface area (Å²) in [4.78, 5) is 12.1. The van der Waals surface area contributed by atoms with Gasteiger partial charge in [0.1, 0.15) is 0 Å². The molecular formula is C21H26FNO4. The minimum absolute atomic E-state index is 0.119. The molecule has 0 spiro atoms. The van der Waals surface area contributed by atoms with E-state index in [1.54, 1.807) is 6.07 Å². The molecule has 0 radical (unpaired) electrons. The lowest BCUT2D eigenvalue weighted by Gasteiger charge is -2.12. The van der Waals surface area contributed by atoms with Gasteiger partial charge in [-0.1, -0.05) is 12.1 Å². The Kier molecular flexibility index (Phi) is 7.92. The molecule has 0 fully saturated rings. The first-order chi connectivity index (χ1) is 13.1. The van der Waals surface area contributed by atoms with Gasteiger partial charge in [-0.3, -0.25) is 4.79 Å². The quantitative estimate of drug-likeness (QED) is 0.690. The number of methoxy groups -OCH3 is 1. The van der Waals surface area contributed by atoms with Crippen LogP contribution in [0.1, 0.15) is 25.0 Å². The number of benzene rings is 2. The number of carbonyl (C=O) groups excluding carboxylic acids is 1. The van der Waals surface area contributed by atoms with Crippen LogP contribution in [0.5, 0.6) is 17.2 Å². The molecule has 2 aromatic carbocycles.